The molecule has 0 aliphatic carbocycles. The second kappa shape index (κ2) is 7.42. The average molecular weight is 385 g/mol. The van der Waals surface area contributed by atoms with Crippen LogP contribution in [0.4, 0.5) is 0 Å². The van der Waals surface area contributed by atoms with Gasteiger partial charge in [0, 0.05) is 31.1 Å². The molecule has 2 N–H and O–H groups in total. The number of hydrogen-bond acceptors (Lipinski definition) is 4. The topological polar surface area (TPSA) is 78.1 Å². The lowest BCUT2D eigenvalue weighted by atomic mass is 10.1. The fourth-order valence-corrected chi connectivity index (χ4v) is 4.99. The number of nitrogens with one attached hydrogen (secondary N) is 2. The molecule has 1 saturated heterocycles. The fraction of sp³-hybridized carbons (Fsp3) is 0.350. The quantitative estimate of drug-likeness (QED) is 0.709. The van der Waals surface area contributed by atoms with E-state index in [0.717, 1.165) is 35.9 Å². The summed E-state index contributed by atoms with van der Waals surface area (Å²) in [4.78, 5) is 0.382. The summed E-state index contributed by atoms with van der Waals surface area (Å²) in [6.45, 7) is 3.82. The maximum atomic E-state index is 12.8. The van der Waals surface area contributed by atoms with E-state index in [1.165, 1.54) is 5.56 Å². The number of aromatic amines is 1. The van der Waals surface area contributed by atoms with Crippen LogP contribution in [0.5, 0.6) is 0 Å². The van der Waals surface area contributed by atoms with Gasteiger partial charge in [0.1, 0.15) is 0 Å². The molecule has 0 amide bonds. The van der Waals surface area contributed by atoms with E-state index < -0.39 is 10.0 Å². The summed E-state index contributed by atoms with van der Waals surface area (Å²) in [6, 6.07) is 13.7. The van der Waals surface area contributed by atoms with Gasteiger partial charge >= 0.3 is 0 Å². The molecule has 6 nitrogen and oxygen atoms in total. The zero-order chi connectivity index (χ0) is 18.9. The Bertz CT molecular complexity index is 1020. The summed E-state index contributed by atoms with van der Waals surface area (Å²) < 4.78 is 27.2. The first kappa shape index (κ1) is 18.2. The predicted octanol–water partition coefficient (Wildman–Crippen LogP) is 2.81. The van der Waals surface area contributed by atoms with Gasteiger partial charge in [0.2, 0.25) is 10.0 Å². The van der Waals surface area contributed by atoms with E-state index in [0.29, 0.717) is 24.0 Å². The number of aromatic nitrogens is 2. The number of piperidine rings is 1. The van der Waals surface area contributed by atoms with Crippen molar-refractivity contribution in [3.8, 4) is 0 Å². The zero-order valence-corrected chi connectivity index (χ0v) is 16.2. The molecule has 1 aliphatic heterocycles. The number of nitrogens with zero attached hydrogens (tertiary/aromatic N) is 2. The molecular weight excluding hydrogens is 360 g/mol. The number of benzene rings is 2. The zero-order valence-electron chi connectivity index (χ0n) is 15.4. The highest BCUT2D eigenvalue weighted by Gasteiger charge is 2.29. The standard InChI is InChI=1S/C20H24N4O2S/c1-15-2-6-19(7-3-15)27(25,26)24-10-8-18(9-11-24)21-13-16-4-5-17-14-22-23-20(17)12-16/h2-7,12,14,18,21H,8-11,13H2,1H3,(H,22,23). The Labute approximate surface area is 159 Å². The van der Waals surface area contributed by atoms with Crippen LogP contribution in [0.2, 0.25) is 0 Å². The van der Waals surface area contributed by atoms with E-state index in [1.54, 1.807) is 16.4 Å². The number of fused-ring (bicyclic) bond motifs is 1. The van der Waals surface area contributed by atoms with E-state index in [4.69, 9.17) is 0 Å². The molecule has 0 unspecified atom stereocenters. The molecule has 0 radical (unpaired) electrons. The molecule has 142 valence electrons. The molecule has 0 bridgehead atoms. The van der Waals surface area contributed by atoms with Crippen LogP contribution in [0, 0.1) is 6.92 Å². The third-order valence-corrected chi connectivity index (χ3v) is 7.13. The van der Waals surface area contributed by atoms with Gasteiger partial charge in [0.15, 0.2) is 0 Å². The number of sulfonamides is 1. The van der Waals surface area contributed by atoms with Crippen molar-refractivity contribution in [1.29, 1.82) is 0 Å². The minimum absolute atomic E-state index is 0.326. The van der Waals surface area contributed by atoms with E-state index >= 15 is 0 Å². The maximum Gasteiger partial charge on any atom is 0.243 e. The van der Waals surface area contributed by atoms with Gasteiger partial charge in [-0.05, 0) is 43.5 Å². The first-order valence-corrected chi connectivity index (χ1v) is 10.7. The summed E-state index contributed by atoms with van der Waals surface area (Å²) >= 11 is 0. The molecule has 7 heteroatoms. The van der Waals surface area contributed by atoms with Crippen molar-refractivity contribution in [3.63, 3.8) is 0 Å². The lowest BCUT2D eigenvalue weighted by Gasteiger charge is -2.31. The predicted molar refractivity (Wildman–Crippen MR) is 106 cm³/mol. The molecule has 2 heterocycles. The Morgan fingerprint density at radius 2 is 1.89 bits per heavy atom. The van der Waals surface area contributed by atoms with Crippen molar-refractivity contribution in [2.45, 2.75) is 37.2 Å². The molecule has 1 aromatic heterocycles. The van der Waals surface area contributed by atoms with Gasteiger partial charge in [-0.1, -0.05) is 29.8 Å². The van der Waals surface area contributed by atoms with Gasteiger partial charge in [0.05, 0.1) is 16.6 Å². The Hall–Kier alpha value is -2.22. The van der Waals surface area contributed by atoms with E-state index in [9.17, 15) is 8.42 Å². The maximum absolute atomic E-state index is 12.8. The second-order valence-electron chi connectivity index (χ2n) is 7.16. The van der Waals surface area contributed by atoms with Gasteiger partial charge in [-0.15, -0.1) is 0 Å². The number of H-pyrrole nitrogens is 1. The number of aryl methyl sites for hydroxylation is 1. The largest absolute Gasteiger partial charge is 0.310 e. The minimum Gasteiger partial charge on any atom is -0.310 e. The molecule has 0 spiro atoms. The monoisotopic (exact) mass is 384 g/mol. The molecule has 3 aromatic rings. The van der Waals surface area contributed by atoms with Crippen molar-refractivity contribution >= 4 is 20.9 Å². The second-order valence-corrected chi connectivity index (χ2v) is 9.10. The third-order valence-electron chi connectivity index (χ3n) is 5.21. The first-order valence-electron chi connectivity index (χ1n) is 9.24. The SMILES string of the molecule is Cc1ccc(S(=O)(=O)N2CCC(NCc3ccc4cn[nH]c4c3)CC2)cc1. The van der Waals surface area contributed by atoms with Crippen molar-refractivity contribution < 1.29 is 8.42 Å². The van der Waals surface area contributed by atoms with E-state index in [1.807, 2.05) is 25.3 Å². The van der Waals surface area contributed by atoms with Gasteiger partial charge < -0.3 is 5.32 Å². The lowest BCUT2D eigenvalue weighted by molar-refractivity contribution is 0.288. The highest BCUT2D eigenvalue weighted by atomic mass is 32.2. The smallest absolute Gasteiger partial charge is 0.243 e. The molecule has 2 aromatic carbocycles. The lowest BCUT2D eigenvalue weighted by Crippen LogP contribution is -2.44. The molecule has 0 saturated carbocycles. The number of rotatable bonds is 5. The highest BCUT2D eigenvalue weighted by molar-refractivity contribution is 7.89. The Morgan fingerprint density at radius 3 is 2.63 bits per heavy atom. The van der Waals surface area contributed by atoms with Gasteiger partial charge in [-0.2, -0.15) is 9.40 Å². The molecule has 27 heavy (non-hydrogen) atoms. The fourth-order valence-electron chi connectivity index (χ4n) is 3.52. The summed E-state index contributed by atoms with van der Waals surface area (Å²) in [5, 5.41) is 11.7. The first-order chi connectivity index (χ1) is 13.0. The van der Waals surface area contributed by atoms with Gasteiger partial charge in [0.25, 0.3) is 0 Å². The average Bonchev–Trinajstić information content (AvgIpc) is 3.15. The summed E-state index contributed by atoms with van der Waals surface area (Å²) in [5.74, 6) is 0. The van der Waals surface area contributed by atoms with Crippen LogP contribution >= 0.6 is 0 Å². The van der Waals surface area contributed by atoms with Gasteiger partial charge in [-0.3, -0.25) is 5.10 Å². The third kappa shape index (κ3) is 3.90. The minimum atomic E-state index is -3.39. The molecular formula is C20H24N4O2S. The normalized spacial score (nSPS) is 16.8. The summed E-state index contributed by atoms with van der Waals surface area (Å²) in [6.07, 6.45) is 3.45. The van der Waals surface area contributed by atoms with Crippen LogP contribution in [0.15, 0.2) is 53.6 Å². The van der Waals surface area contributed by atoms with Crippen LogP contribution in [-0.4, -0.2) is 42.1 Å². The summed E-state index contributed by atoms with van der Waals surface area (Å²) in [7, 11) is -3.39. The van der Waals surface area contributed by atoms with E-state index in [-0.39, 0.29) is 0 Å². The summed E-state index contributed by atoms with van der Waals surface area (Å²) in [5.41, 5.74) is 3.29. The Balaban J connectivity index is 1.33. The molecule has 4 rings (SSSR count). The van der Waals surface area contributed by atoms with E-state index in [2.05, 4.69) is 33.7 Å². The van der Waals surface area contributed by atoms with Crippen molar-refractivity contribution in [2.24, 2.45) is 0 Å². The van der Waals surface area contributed by atoms with Crippen LogP contribution in [0.3, 0.4) is 0 Å². The molecule has 0 atom stereocenters. The Morgan fingerprint density at radius 1 is 1.15 bits per heavy atom. The van der Waals surface area contributed by atoms with Crippen molar-refractivity contribution in [3.05, 3.63) is 59.8 Å². The van der Waals surface area contributed by atoms with Crippen molar-refractivity contribution in [2.75, 3.05) is 13.1 Å². The Kier molecular flexibility index (Phi) is 4.99. The highest BCUT2D eigenvalue weighted by Crippen LogP contribution is 2.21. The van der Waals surface area contributed by atoms with Crippen LogP contribution < -0.4 is 5.32 Å². The molecule has 1 aliphatic rings. The van der Waals surface area contributed by atoms with Crippen molar-refractivity contribution in [1.82, 2.24) is 19.8 Å². The van der Waals surface area contributed by atoms with Crippen LogP contribution in [0.1, 0.15) is 24.0 Å². The van der Waals surface area contributed by atoms with Crippen LogP contribution in [-0.2, 0) is 16.6 Å². The van der Waals surface area contributed by atoms with Gasteiger partial charge in [-0.25, -0.2) is 8.42 Å². The number of hydrogen-bond donors (Lipinski definition) is 2. The van der Waals surface area contributed by atoms with Crippen LogP contribution in [0.25, 0.3) is 10.9 Å². The molecule has 1 fully saturated rings.